The number of ketones is 1. The summed E-state index contributed by atoms with van der Waals surface area (Å²) in [4.78, 5) is 16.0. The second kappa shape index (κ2) is 7.00. The lowest BCUT2D eigenvalue weighted by atomic mass is 9.94. The Balaban J connectivity index is 1.47. The van der Waals surface area contributed by atoms with E-state index >= 15 is 0 Å². The summed E-state index contributed by atoms with van der Waals surface area (Å²) in [5.74, 6) is -0.384. The Morgan fingerprint density at radius 2 is 1.73 bits per heavy atom. The predicted octanol–water partition coefficient (Wildman–Crippen LogP) is 5.01. The van der Waals surface area contributed by atoms with Crippen LogP contribution in [-0.4, -0.2) is 10.8 Å². The molecule has 1 atom stereocenters. The van der Waals surface area contributed by atoms with Crippen LogP contribution in [0, 0.1) is 5.82 Å². The van der Waals surface area contributed by atoms with Crippen molar-refractivity contribution in [1.29, 1.82) is 0 Å². The Morgan fingerprint density at radius 1 is 0.962 bits per heavy atom. The highest BCUT2D eigenvalue weighted by atomic mass is 19.1. The Bertz CT molecular complexity index is 942. The first-order valence-electron chi connectivity index (χ1n) is 8.70. The highest BCUT2D eigenvalue weighted by Crippen LogP contribution is 2.28. The van der Waals surface area contributed by atoms with Crippen molar-refractivity contribution in [1.82, 2.24) is 10.3 Å². The van der Waals surface area contributed by atoms with Crippen molar-refractivity contribution in [2.24, 2.45) is 0 Å². The molecule has 2 heterocycles. The molecular formula is C22H19FN2O. The van der Waals surface area contributed by atoms with Crippen LogP contribution in [0.4, 0.5) is 4.39 Å². The summed E-state index contributed by atoms with van der Waals surface area (Å²) in [6, 6.07) is 20.2. The smallest absolute Gasteiger partial charge is 0.190 e. The van der Waals surface area contributed by atoms with E-state index in [4.69, 9.17) is 0 Å². The van der Waals surface area contributed by atoms with Crippen molar-refractivity contribution in [3.8, 4) is 11.3 Å². The van der Waals surface area contributed by atoms with Crippen molar-refractivity contribution in [3.63, 3.8) is 0 Å². The van der Waals surface area contributed by atoms with Gasteiger partial charge in [-0.25, -0.2) is 4.39 Å². The average Bonchev–Trinajstić information content (AvgIpc) is 3.19. The third kappa shape index (κ3) is 3.31. The van der Waals surface area contributed by atoms with Gasteiger partial charge >= 0.3 is 0 Å². The molecule has 0 fully saturated rings. The van der Waals surface area contributed by atoms with Gasteiger partial charge in [0, 0.05) is 28.7 Å². The fourth-order valence-corrected chi connectivity index (χ4v) is 3.27. The van der Waals surface area contributed by atoms with Crippen LogP contribution in [0.3, 0.4) is 0 Å². The van der Waals surface area contributed by atoms with Crippen LogP contribution >= 0.6 is 0 Å². The average molecular weight is 346 g/mol. The van der Waals surface area contributed by atoms with Gasteiger partial charge in [-0.3, -0.25) is 4.79 Å². The number of carbonyl (C=O) groups excluding carboxylic acids is 1. The van der Waals surface area contributed by atoms with Gasteiger partial charge in [-0.2, -0.15) is 0 Å². The van der Waals surface area contributed by atoms with Crippen molar-refractivity contribution in [3.05, 3.63) is 95.6 Å². The van der Waals surface area contributed by atoms with Crippen LogP contribution in [0.2, 0.25) is 0 Å². The number of allylic oxidation sites excluding steroid dienone is 1. The first kappa shape index (κ1) is 16.3. The first-order valence-corrected chi connectivity index (χ1v) is 8.70. The van der Waals surface area contributed by atoms with Gasteiger partial charge in [0.2, 0.25) is 0 Å². The molecule has 0 spiro atoms. The topological polar surface area (TPSA) is 44.9 Å². The van der Waals surface area contributed by atoms with Gasteiger partial charge in [-0.05, 0) is 54.8 Å². The number of rotatable bonds is 4. The number of halogens is 1. The molecule has 1 aliphatic rings. The SMILES string of the molecule is O=C(C1=CNC(c2ccc(-c3ccccc3)[nH]2)CC1)c1ccc(F)cc1. The molecule has 0 amide bonds. The fourth-order valence-electron chi connectivity index (χ4n) is 3.27. The van der Waals surface area contributed by atoms with Crippen molar-refractivity contribution in [2.45, 2.75) is 18.9 Å². The molecular weight excluding hydrogens is 327 g/mol. The Hall–Kier alpha value is -3.14. The minimum Gasteiger partial charge on any atom is -0.382 e. The van der Waals surface area contributed by atoms with Crippen molar-refractivity contribution >= 4 is 5.78 Å². The minimum absolute atomic E-state index is 0.0487. The molecule has 0 aliphatic carbocycles. The number of nitrogens with one attached hydrogen (secondary N) is 2. The van der Waals surface area contributed by atoms with E-state index in [0.717, 1.165) is 28.9 Å². The number of aromatic amines is 1. The number of carbonyl (C=O) groups is 1. The maximum atomic E-state index is 13.0. The van der Waals surface area contributed by atoms with Gasteiger partial charge in [0.1, 0.15) is 5.82 Å². The molecule has 4 rings (SSSR count). The zero-order valence-electron chi connectivity index (χ0n) is 14.2. The van der Waals surface area contributed by atoms with E-state index < -0.39 is 0 Å². The molecule has 3 aromatic rings. The van der Waals surface area contributed by atoms with E-state index in [1.165, 1.54) is 24.3 Å². The molecule has 1 unspecified atom stereocenters. The van der Waals surface area contributed by atoms with Crippen LogP contribution < -0.4 is 5.32 Å². The highest BCUT2D eigenvalue weighted by molar-refractivity contribution is 6.08. The van der Waals surface area contributed by atoms with Crippen molar-refractivity contribution in [2.75, 3.05) is 0 Å². The zero-order chi connectivity index (χ0) is 17.9. The third-order valence-corrected chi connectivity index (χ3v) is 4.73. The second-order valence-corrected chi connectivity index (χ2v) is 6.46. The van der Waals surface area contributed by atoms with Crippen LogP contribution in [0.15, 0.2) is 78.5 Å². The van der Waals surface area contributed by atoms with Crippen molar-refractivity contribution < 1.29 is 9.18 Å². The number of aromatic nitrogens is 1. The van der Waals surface area contributed by atoms with Gasteiger partial charge < -0.3 is 10.3 Å². The highest BCUT2D eigenvalue weighted by Gasteiger charge is 2.21. The van der Waals surface area contributed by atoms with Crippen LogP contribution in [0.1, 0.15) is 34.9 Å². The van der Waals surface area contributed by atoms with E-state index in [-0.39, 0.29) is 17.6 Å². The molecule has 0 saturated carbocycles. The lowest BCUT2D eigenvalue weighted by molar-refractivity contribution is 0.102. The standard InChI is InChI=1S/C22H19FN2O/c23-18-9-6-16(7-10-18)22(26)17-8-11-20(24-14-17)21-13-12-19(25-21)15-4-2-1-3-5-15/h1-7,9-10,12-14,20,24-25H,8,11H2. The molecule has 130 valence electrons. The lowest BCUT2D eigenvalue weighted by Gasteiger charge is -2.23. The second-order valence-electron chi connectivity index (χ2n) is 6.46. The lowest BCUT2D eigenvalue weighted by Crippen LogP contribution is -2.23. The van der Waals surface area contributed by atoms with Crippen LogP contribution in [-0.2, 0) is 0 Å². The molecule has 2 N–H and O–H groups in total. The Labute approximate surface area is 151 Å². The van der Waals surface area contributed by atoms with E-state index in [1.807, 2.05) is 18.2 Å². The summed E-state index contributed by atoms with van der Waals surface area (Å²) in [7, 11) is 0. The Morgan fingerprint density at radius 3 is 2.42 bits per heavy atom. The quantitative estimate of drug-likeness (QED) is 0.652. The van der Waals surface area contributed by atoms with Crippen LogP contribution in [0.25, 0.3) is 11.3 Å². The normalized spacial score (nSPS) is 16.7. The summed E-state index contributed by atoms with van der Waals surface area (Å²) < 4.78 is 13.0. The zero-order valence-corrected chi connectivity index (χ0v) is 14.2. The largest absolute Gasteiger partial charge is 0.382 e. The molecule has 3 nitrogen and oxygen atoms in total. The van der Waals surface area contributed by atoms with Gasteiger partial charge in [0.15, 0.2) is 5.78 Å². The monoisotopic (exact) mass is 346 g/mol. The molecule has 26 heavy (non-hydrogen) atoms. The summed E-state index contributed by atoms with van der Waals surface area (Å²) in [5.41, 5.74) is 4.58. The molecule has 2 aromatic carbocycles. The number of Topliss-reactive ketones (excluding diaryl/α,β-unsaturated/α-hetero) is 1. The first-order chi connectivity index (χ1) is 12.7. The number of hydrogen-bond donors (Lipinski definition) is 2. The molecule has 4 heteroatoms. The van der Waals surface area contributed by atoms with E-state index in [9.17, 15) is 9.18 Å². The van der Waals surface area contributed by atoms with E-state index in [1.54, 1.807) is 6.20 Å². The maximum absolute atomic E-state index is 13.0. The van der Waals surface area contributed by atoms with Gasteiger partial charge in [-0.15, -0.1) is 0 Å². The Kier molecular flexibility index (Phi) is 4.40. The van der Waals surface area contributed by atoms with Crippen LogP contribution in [0.5, 0.6) is 0 Å². The van der Waals surface area contributed by atoms with Gasteiger partial charge in [0.25, 0.3) is 0 Å². The van der Waals surface area contributed by atoms with E-state index in [0.29, 0.717) is 12.0 Å². The molecule has 0 radical (unpaired) electrons. The molecule has 1 aliphatic heterocycles. The maximum Gasteiger partial charge on any atom is 0.190 e. The fraction of sp³-hybridized carbons (Fsp3) is 0.136. The predicted molar refractivity (Wildman–Crippen MR) is 100 cm³/mol. The molecule has 0 bridgehead atoms. The molecule has 1 aromatic heterocycles. The van der Waals surface area contributed by atoms with E-state index in [2.05, 4.69) is 34.6 Å². The summed E-state index contributed by atoms with van der Waals surface area (Å²) in [6.45, 7) is 0. The van der Waals surface area contributed by atoms with Gasteiger partial charge in [-0.1, -0.05) is 30.3 Å². The summed E-state index contributed by atoms with van der Waals surface area (Å²) in [6.07, 6.45) is 3.31. The number of benzene rings is 2. The third-order valence-electron chi connectivity index (χ3n) is 4.73. The number of hydrogen-bond acceptors (Lipinski definition) is 2. The summed E-state index contributed by atoms with van der Waals surface area (Å²) in [5, 5.41) is 3.32. The minimum atomic E-state index is -0.335. The number of H-pyrrole nitrogens is 1. The summed E-state index contributed by atoms with van der Waals surface area (Å²) >= 11 is 0. The van der Waals surface area contributed by atoms with Gasteiger partial charge in [0.05, 0.1) is 6.04 Å². The molecule has 0 saturated heterocycles.